The van der Waals surface area contributed by atoms with Gasteiger partial charge in [-0.15, -0.1) is 10.2 Å². The maximum Gasteiger partial charge on any atom is 0.191 e. The molecule has 1 aromatic carbocycles. The van der Waals surface area contributed by atoms with Gasteiger partial charge in [0, 0.05) is 18.5 Å². The first-order chi connectivity index (χ1) is 11.2. The van der Waals surface area contributed by atoms with Gasteiger partial charge in [0.1, 0.15) is 5.82 Å². The lowest BCUT2D eigenvalue weighted by atomic mass is 10.1. The van der Waals surface area contributed by atoms with Crippen molar-refractivity contribution in [2.45, 2.75) is 37.4 Å². The molecule has 122 valence electrons. The molecule has 0 bridgehead atoms. The summed E-state index contributed by atoms with van der Waals surface area (Å²) in [5.74, 6) is 0.677. The average molecular weight is 335 g/mol. The Morgan fingerprint density at radius 3 is 3.00 bits per heavy atom. The summed E-state index contributed by atoms with van der Waals surface area (Å²) in [6.45, 7) is 0.899. The van der Waals surface area contributed by atoms with Gasteiger partial charge in [-0.3, -0.25) is 4.79 Å². The predicted octanol–water partition coefficient (Wildman–Crippen LogP) is 3.13. The normalized spacial score (nSPS) is 14.2. The van der Waals surface area contributed by atoms with Crippen LogP contribution in [-0.4, -0.2) is 33.4 Å². The quantitative estimate of drug-likeness (QED) is 0.621. The number of methoxy groups -OCH3 is 1. The van der Waals surface area contributed by atoms with E-state index in [2.05, 4.69) is 14.8 Å². The molecule has 1 aromatic heterocycles. The van der Waals surface area contributed by atoms with Crippen LogP contribution in [0.25, 0.3) is 0 Å². The van der Waals surface area contributed by atoms with Crippen LogP contribution < -0.4 is 4.74 Å². The van der Waals surface area contributed by atoms with E-state index in [1.54, 1.807) is 6.07 Å². The van der Waals surface area contributed by atoms with Gasteiger partial charge in [-0.1, -0.05) is 18.2 Å². The molecule has 0 N–H and O–H groups in total. The summed E-state index contributed by atoms with van der Waals surface area (Å²) < 4.78 is 20.6. The summed E-state index contributed by atoms with van der Waals surface area (Å²) >= 11 is 1.36. The highest BCUT2D eigenvalue weighted by Gasteiger charge is 2.17. The van der Waals surface area contributed by atoms with Gasteiger partial charge < -0.3 is 9.30 Å². The first-order valence-electron chi connectivity index (χ1n) is 7.60. The number of carbonyl (C=O) groups excluding carboxylic acids is 1. The van der Waals surface area contributed by atoms with E-state index in [4.69, 9.17) is 4.74 Å². The molecule has 5 nitrogen and oxygen atoms in total. The molecule has 23 heavy (non-hydrogen) atoms. The molecule has 0 amide bonds. The van der Waals surface area contributed by atoms with Crippen LogP contribution in [0.2, 0.25) is 0 Å². The lowest BCUT2D eigenvalue weighted by Crippen LogP contribution is -2.06. The Labute approximate surface area is 138 Å². The number of halogens is 1. The number of hydrogen-bond donors (Lipinski definition) is 0. The van der Waals surface area contributed by atoms with Crippen molar-refractivity contribution in [1.29, 1.82) is 0 Å². The minimum Gasteiger partial charge on any atom is -0.494 e. The predicted molar refractivity (Wildman–Crippen MR) is 85.6 cm³/mol. The average Bonchev–Trinajstić information content (AvgIpc) is 2.79. The Bertz CT molecular complexity index is 717. The second-order valence-electron chi connectivity index (χ2n) is 5.42. The number of ketones is 1. The van der Waals surface area contributed by atoms with Crippen LogP contribution in [0.15, 0.2) is 23.4 Å². The number of rotatable bonds is 5. The fourth-order valence-electron chi connectivity index (χ4n) is 2.62. The van der Waals surface area contributed by atoms with E-state index in [0.29, 0.717) is 5.56 Å². The van der Waals surface area contributed by atoms with E-state index in [-0.39, 0.29) is 17.3 Å². The molecular formula is C16H18FN3O2S. The summed E-state index contributed by atoms with van der Waals surface area (Å²) in [6, 6.07) is 4.26. The molecule has 2 aromatic rings. The molecule has 2 heterocycles. The van der Waals surface area contributed by atoms with Crippen LogP contribution in [0.3, 0.4) is 0 Å². The van der Waals surface area contributed by atoms with Gasteiger partial charge in [0.05, 0.1) is 12.9 Å². The smallest absolute Gasteiger partial charge is 0.191 e. The number of aromatic nitrogens is 3. The largest absolute Gasteiger partial charge is 0.494 e. The van der Waals surface area contributed by atoms with Gasteiger partial charge in [0.15, 0.2) is 22.5 Å². The van der Waals surface area contributed by atoms with Gasteiger partial charge >= 0.3 is 0 Å². The minimum atomic E-state index is -0.528. The number of hydrogen-bond acceptors (Lipinski definition) is 5. The van der Waals surface area contributed by atoms with Crippen LogP contribution in [0.5, 0.6) is 5.75 Å². The second kappa shape index (κ2) is 7.12. The zero-order chi connectivity index (χ0) is 16.2. The van der Waals surface area contributed by atoms with Crippen LogP contribution in [0.4, 0.5) is 4.39 Å². The van der Waals surface area contributed by atoms with Crippen molar-refractivity contribution in [3.05, 3.63) is 35.4 Å². The van der Waals surface area contributed by atoms with Crippen molar-refractivity contribution in [3.63, 3.8) is 0 Å². The van der Waals surface area contributed by atoms with Crippen molar-refractivity contribution in [2.24, 2.45) is 0 Å². The molecule has 1 aliphatic rings. The number of Topliss-reactive ketones (excluding diaryl/α,β-unsaturated/α-hetero) is 1. The zero-order valence-electron chi connectivity index (χ0n) is 12.9. The molecule has 0 unspecified atom stereocenters. The fraction of sp³-hybridized carbons (Fsp3) is 0.438. The minimum absolute atomic E-state index is 0.136. The van der Waals surface area contributed by atoms with E-state index in [1.807, 2.05) is 0 Å². The third kappa shape index (κ3) is 3.55. The van der Waals surface area contributed by atoms with E-state index in [1.165, 1.54) is 37.4 Å². The Hall–Kier alpha value is -1.89. The molecule has 0 spiro atoms. The van der Waals surface area contributed by atoms with Crippen LogP contribution in [0.1, 0.15) is 35.4 Å². The summed E-state index contributed by atoms with van der Waals surface area (Å²) in [6.07, 6.45) is 4.37. The van der Waals surface area contributed by atoms with E-state index in [9.17, 15) is 9.18 Å². The van der Waals surface area contributed by atoms with E-state index in [0.717, 1.165) is 36.8 Å². The van der Waals surface area contributed by atoms with Crippen molar-refractivity contribution in [1.82, 2.24) is 14.8 Å². The zero-order valence-corrected chi connectivity index (χ0v) is 13.7. The maximum atomic E-state index is 13.7. The van der Waals surface area contributed by atoms with Gasteiger partial charge in [0.2, 0.25) is 0 Å². The van der Waals surface area contributed by atoms with Crippen LogP contribution in [-0.2, 0) is 13.0 Å². The molecule has 7 heteroatoms. The highest BCUT2D eigenvalue weighted by atomic mass is 32.2. The molecule has 0 radical (unpaired) electrons. The lowest BCUT2D eigenvalue weighted by Gasteiger charge is -2.07. The van der Waals surface area contributed by atoms with Gasteiger partial charge in [-0.05, 0) is 31.0 Å². The first kappa shape index (κ1) is 16.0. The van der Waals surface area contributed by atoms with E-state index < -0.39 is 5.82 Å². The topological polar surface area (TPSA) is 57.0 Å². The first-order valence-corrected chi connectivity index (χ1v) is 8.59. The second-order valence-corrected chi connectivity index (χ2v) is 6.36. The number of ether oxygens (including phenoxy) is 1. The fourth-order valence-corrected chi connectivity index (χ4v) is 3.50. The lowest BCUT2D eigenvalue weighted by molar-refractivity contribution is 0.102. The third-order valence-corrected chi connectivity index (χ3v) is 4.85. The highest BCUT2D eigenvalue weighted by molar-refractivity contribution is 7.99. The van der Waals surface area contributed by atoms with Gasteiger partial charge in [0.25, 0.3) is 0 Å². The Morgan fingerprint density at radius 2 is 2.22 bits per heavy atom. The summed E-state index contributed by atoms with van der Waals surface area (Å²) in [5.41, 5.74) is 0.339. The molecule has 1 aliphatic heterocycles. The number of benzene rings is 1. The standard InChI is InChI=1S/C16H18FN3O2S/c1-22-14-7-6-11(9-12(14)17)13(21)10-23-16-19-18-15-5-3-2-4-8-20(15)16/h6-7,9H,2-5,8,10H2,1H3. The van der Waals surface area contributed by atoms with Crippen LogP contribution in [0, 0.1) is 5.82 Å². The molecule has 0 saturated carbocycles. The van der Waals surface area contributed by atoms with Crippen molar-refractivity contribution >= 4 is 17.5 Å². The number of carbonyl (C=O) groups is 1. The molecule has 0 saturated heterocycles. The van der Waals surface area contributed by atoms with Crippen molar-refractivity contribution < 1.29 is 13.9 Å². The molecule has 3 rings (SSSR count). The van der Waals surface area contributed by atoms with Crippen molar-refractivity contribution in [3.8, 4) is 5.75 Å². The van der Waals surface area contributed by atoms with Crippen LogP contribution >= 0.6 is 11.8 Å². The monoisotopic (exact) mass is 335 g/mol. The molecule has 0 fully saturated rings. The summed E-state index contributed by atoms with van der Waals surface area (Å²) in [5, 5.41) is 9.16. The molecule has 0 aliphatic carbocycles. The number of aryl methyl sites for hydroxylation is 1. The SMILES string of the molecule is COc1ccc(C(=O)CSc2nnc3n2CCCCC3)cc1F. The third-order valence-electron chi connectivity index (χ3n) is 3.88. The Kier molecular flexibility index (Phi) is 4.95. The summed E-state index contributed by atoms with van der Waals surface area (Å²) in [7, 11) is 1.40. The van der Waals surface area contributed by atoms with E-state index >= 15 is 0 Å². The van der Waals surface area contributed by atoms with Gasteiger partial charge in [-0.2, -0.15) is 0 Å². The number of thioether (sulfide) groups is 1. The Morgan fingerprint density at radius 1 is 1.35 bits per heavy atom. The molecular weight excluding hydrogens is 317 g/mol. The maximum absolute atomic E-state index is 13.7. The molecule has 0 atom stereocenters. The highest BCUT2D eigenvalue weighted by Crippen LogP contribution is 2.24. The summed E-state index contributed by atoms with van der Waals surface area (Å²) in [4.78, 5) is 12.2. The van der Waals surface area contributed by atoms with Gasteiger partial charge in [-0.25, -0.2) is 4.39 Å². The number of fused-ring (bicyclic) bond motifs is 1. The number of nitrogens with zero attached hydrogens (tertiary/aromatic N) is 3. The Balaban J connectivity index is 1.67. The van der Waals surface area contributed by atoms with Crippen molar-refractivity contribution in [2.75, 3.05) is 12.9 Å².